The summed E-state index contributed by atoms with van der Waals surface area (Å²) in [5.74, 6) is -0.499. The number of carbonyl (C=O) groups excluding carboxylic acids is 1. The van der Waals surface area contributed by atoms with Gasteiger partial charge in [-0.15, -0.1) is 0 Å². The maximum Gasteiger partial charge on any atom is 0.433 e. The van der Waals surface area contributed by atoms with E-state index in [4.69, 9.17) is 0 Å². The Kier molecular flexibility index (Phi) is 3.32. The minimum Gasteiger partial charge on any atom is -0.269 e. The fourth-order valence-corrected chi connectivity index (χ4v) is 2.64. The van der Waals surface area contributed by atoms with Gasteiger partial charge in [0, 0.05) is 29.6 Å². The molecule has 1 amide bonds. The van der Waals surface area contributed by atoms with Crippen molar-refractivity contribution in [2.24, 2.45) is 0 Å². The smallest absolute Gasteiger partial charge is 0.269 e. The van der Waals surface area contributed by atoms with Crippen molar-refractivity contribution in [1.29, 1.82) is 0 Å². The number of nitrogens with one attached hydrogen (secondary N) is 1. The number of aromatic nitrogens is 3. The summed E-state index contributed by atoms with van der Waals surface area (Å²) >= 11 is 0. The molecule has 1 aliphatic heterocycles. The Hall–Kier alpha value is -2.49. The zero-order chi connectivity index (χ0) is 15.9. The Bertz CT molecular complexity index is 795. The molecule has 1 N–H and O–H groups in total. The molecule has 0 saturated heterocycles. The zero-order valence-corrected chi connectivity index (χ0v) is 11.5. The van der Waals surface area contributed by atoms with Gasteiger partial charge in [-0.2, -0.15) is 18.3 Å². The van der Waals surface area contributed by atoms with Gasteiger partial charge in [-0.1, -0.05) is 6.07 Å². The van der Waals surface area contributed by atoms with E-state index in [9.17, 15) is 22.2 Å². The van der Waals surface area contributed by atoms with Crippen molar-refractivity contribution in [1.82, 2.24) is 19.5 Å². The van der Waals surface area contributed by atoms with Gasteiger partial charge in [0.1, 0.15) is 5.69 Å². The van der Waals surface area contributed by atoms with E-state index < -0.39 is 28.8 Å². The average molecular weight is 328 g/mol. The standard InChI is InChI=1S/C12H7F3N4O2S/c13-12(14,15)9-2-1-7(4-16-9)8-5-17-19(6-8)11-3-10(20)18-22(11)21/h1-6H,(H,18,20). The first kappa shape index (κ1) is 14.4. The second kappa shape index (κ2) is 5.05. The molecule has 2 aromatic rings. The van der Waals surface area contributed by atoms with Crippen molar-refractivity contribution in [3.63, 3.8) is 0 Å². The minimum absolute atomic E-state index is 0.149. The SMILES string of the molecule is O=C1C=C(n2cc(-c3ccc(C(F)(F)F)nc3)cn2)S(=O)N1. The summed E-state index contributed by atoms with van der Waals surface area (Å²) in [5, 5.41) is 4.09. The van der Waals surface area contributed by atoms with Gasteiger partial charge in [0.05, 0.1) is 6.20 Å². The Morgan fingerprint density at radius 2 is 1.95 bits per heavy atom. The van der Waals surface area contributed by atoms with Crippen LogP contribution in [0.15, 0.2) is 36.8 Å². The van der Waals surface area contributed by atoms with Crippen LogP contribution in [0.3, 0.4) is 0 Å². The summed E-state index contributed by atoms with van der Waals surface area (Å²) in [6.45, 7) is 0. The number of hydrogen-bond donors (Lipinski definition) is 1. The molecular weight excluding hydrogens is 321 g/mol. The summed E-state index contributed by atoms with van der Waals surface area (Å²) in [4.78, 5) is 14.5. The van der Waals surface area contributed by atoms with Crippen LogP contribution in [0, 0.1) is 0 Å². The zero-order valence-electron chi connectivity index (χ0n) is 10.7. The van der Waals surface area contributed by atoms with Crippen LogP contribution in [0.2, 0.25) is 0 Å². The highest BCUT2D eigenvalue weighted by Crippen LogP contribution is 2.29. The number of halogens is 3. The second-order valence-corrected chi connectivity index (χ2v) is 5.48. The summed E-state index contributed by atoms with van der Waals surface area (Å²) in [5.41, 5.74) is -0.0839. The highest BCUT2D eigenvalue weighted by atomic mass is 32.2. The molecule has 3 heterocycles. The van der Waals surface area contributed by atoms with Crippen LogP contribution < -0.4 is 4.72 Å². The molecule has 10 heteroatoms. The fourth-order valence-electron chi connectivity index (χ4n) is 1.81. The molecule has 0 fully saturated rings. The monoisotopic (exact) mass is 328 g/mol. The summed E-state index contributed by atoms with van der Waals surface area (Å²) in [6.07, 6.45) is 0.547. The lowest BCUT2D eigenvalue weighted by Gasteiger charge is -2.05. The molecule has 0 aromatic carbocycles. The summed E-state index contributed by atoms with van der Waals surface area (Å²) in [6, 6.07) is 2.13. The predicted molar refractivity (Wildman–Crippen MR) is 71.0 cm³/mol. The molecule has 6 nitrogen and oxygen atoms in total. The maximum absolute atomic E-state index is 12.5. The molecule has 0 radical (unpaired) electrons. The lowest BCUT2D eigenvalue weighted by Crippen LogP contribution is -2.17. The second-order valence-electron chi connectivity index (χ2n) is 4.32. The van der Waals surface area contributed by atoms with E-state index in [1.165, 1.54) is 23.1 Å². The van der Waals surface area contributed by atoms with Gasteiger partial charge in [-0.25, -0.2) is 8.89 Å². The first-order valence-corrected chi connectivity index (χ1v) is 7.02. The molecule has 0 aliphatic carbocycles. The van der Waals surface area contributed by atoms with Crippen LogP contribution in [-0.4, -0.2) is 24.9 Å². The fraction of sp³-hybridized carbons (Fsp3) is 0.0833. The Morgan fingerprint density at radius 3 is 2.50 bits per heavy atom. The van der Waals surface area contributed by atoms with Crippen molar-refractivity contribution >= 4 is 21.9 Å². The van der Waals surface area contributed by atoms with Crippen LogP contribution >= 0.6 is 0 Å². The molecule has 114 valence electrons. The third kappa shape index (κ3) is 2.64. The number of hydrogen-bond acceptors (Lipinski definition) is 4. The van der Waals surface area contributed by atoms with Crippen LogP contribution in [0.25, 0.3) is 16.2 Å². The Morgan fingerprint density at radius 1 is 1.18 bits per heavy atom. The molecule has 1 aliphatic rings. The third-order valence-corrected chi connectivity index (χ3v) is 3.90. The number of amides is 1. The summed E-state index contributed by atoms with van der Waals surface area (Å²) in [7, 11) is -1.70. The Labute approximate surface area is 124 Å². The van der Waals surface area contributed by atoms with E-state index in [1.807, 2.05) is 0 Å². The highest BCUT2D eigenvalue weighted by molar-refractivity contribution is 7.93. The van der Waals surface area contributed by atoms with Crippen molar-refractivity contribution < 1.29 is 22.2 Å². The van der Waals surface area contributed by atoms with Crippen LogP contribution in [0.1, 0.15) is 5.69 Å². The lowest BCUT2D eigenvalue weighted by atomic mass is 10.1. The largest absolute Gasteiger partial charge is 0.433 e. The molecule has 0 spiro atoms. The predicted octanol–water partition coefficient (Wildman–Crippen LogP) is 1.56. The van der Waals surface area contributed by atoms with Crippen molar-refractivity contribution in [3.8, 4) is 11.1 Å². The van der Waals surface area contributed by atoms with Crippen LogP contribution in [0.5, 0.6) is 0 Å². The lowest BCUT2D eigenvalue weighted by molar-refractivity contribution is -0.141. The maximum atomic E-state index is 12.5. The molecule has 1 unspecified atom stereocenters. The van der Waals surface area contributed by atoms with Gasteiger partial charge in [0.25, 0.3) is 5.91 Å². The van der Waals surface area contributed by atoms with Gasteiger partial charge in [0.15, 0.2) is 16.0 Å². The average Bonchev–Trinajstić information content (AvgIpc) is 3.04. The third-order valence-electron chi connectivity index (χ3n) is 2.83. The normalized spacial score (nSPS) is 18.2. The summed E-state index contributed by atoms with van der Waals surface area (Å²) < 4.78 is 52.4. The quantitative estimate of drug-likeness (QED) is 0.907. The number of carbonyl (C=O) groups is 1. The molecule has 2 aromatic heterocycles. The topological polar surface area (TPSA) is 76.9 Å². The number of rotatable bonds is 2. The van der Waals surface area contributed by atoms with E-state index in [0.717, 1.165) is 18.3 Å². The van der Waals surface area contributed by atoms with Crippen LogP contribution in [0.4, 0.5) is 13.2 Å². The van der Waals surface area contributed by atoms with Crippen molar-refractivity contribution in [2.75, 3.05) is 0 Å². The highest BCUT2D eigenvalue weighted by Gasteiger charge is 2.32. The van der Waals surface area contributed by atoms with Gasteiger partial charge >= 0.3 is 6.18 Å². The van der Waals surface area contributed by atoms with Gasteiger partial charge in [-0.3, -0.25) is 14.5 Å². The van der Waals surface area contributed by atoms with E-state index in [1.54, 1.807) is 0 Å². The Balaban J connectivity index is 1.90. The van der Waals surface area contributed by atoms with Crippen LogP contribution in [-0.2, 0) is 22.0 Å². The van der Waals surface area contributed by atoms with Crippen molar-refractivity contribution in [3.05, 3.63) is 42.5 Å². The number of alkyl halides is 3. The number of nitrogens with zero attached hydrogens (tertiary/aromatic N) is 3. The molecular formula is C12H7F3N4O2S. The van der Waals surface area contributed by atoms with E-state index in [-0.39, 0.29) is 5.03 Å². The molecule has 0 bridgehead atoms. The van der Waals surface area contributed by atoms with Crippen molar-refractivity contribution in [2.45, 2.75) is 6.18 Å². The van der Waals surface area contributed by atoms with E-state index in [2.05, 4.69) is 14.8 Å². The molecule has 22 heavy (non-hydrogen) atoms. The van der Waals surface area contributed by atoms with E-state index in [0.29, 0.717) is 11.1 Å². The van der Waals surface area contributed by atoms with Gasteiger partial charge in [-0.05, 0) is 6.07 Å². The molecule has 3 rings (SSSR count). The van der Waals surface area contributed by atoms with Gasteiger partial charge < -0.3 is 0 Å². The number of pyridine rings is 1. The first-order valence-electron chi connectivity index (χ1n) is 5.87. The first-order chi connectivity index (χ1) is 10.3. The van der Waals surface area contributed by atoms with E-state index >= 15 is 0 Å². The van der Waals surface area contributed by atoms with Gasteiger partial charge in [0.2, 0.25) is 0 Å². The molecule has 0 saturated carbocycles. The molecule has 1 atom stereocenters. The minimum atomic E-state index is -4.50.